The van der Waals surface area contributed by atoms with Gasteiger partial charge in [0, 0.05) is 27.3 Å². The van der Waals surface area contributed by atoms with E-state index in [2.05, 4.69) is 21.2 Å². The molecule has 112 valence electrons. The normalized spacial score (nSPS) is 12.3. The molecule has 0 bridgehead atoms. The third-order valence-corrected chi connectivity index (χ3v) is 4.25. The zero-order valence-electron chi connectivity index (χ0n) is 11.5. The van der Waals surface area contributed by atoms with Crippen molar-refractivity contribution in [3.8, 4) is 0 Å². The standard InChI is InChI=1S/C16H18BrClN2O/c17-14-9-12(18)6-5-11(14)7-8-20-10-16(21)13-3-1-2-4-15(13)19/h1-6,9,16,20-21H,7-8,10,19H2. The van der Waals surface area contributed by atoms with E-state index >= 15 is 0 Å². The first kappa shape index (κ1) is 16.3. The van der Waals surface area contributed by atoms with E-state index in [1.165, 1.54) is 5.56 Å². The van der Waals surface area contributed by atoms with Crippen LogP contribution in [-0.2, 0) is 6.42 Å². The highest BCUT2D eigenvalue weighted by Crippen LogP contribution is 2.22. The number of halogens is 2. The van der Waals surface area contributed by atoms with Crippen LogP contribution in [0.2, 0.25) is 5.02 Å². The molecule has 0 fully saturated rings. The number of rotatable bonds is 6. The predicted octanol–water partition coefficient (Wildman–Crippen LogP) is 3.55. The molecule has 4 N–H and O–H groups in total. The molecule has 2 aromatic rings. The highest BCUT2D eigenvalue weighted by Gasteiger charge is 2.09. The molecule has 2 aromatic carbocycles. The molecule has 0 aromatic heterocycles. The van der Waals surface area contributed by atoms with E-state index in [9.17, 15) is 5.11 Å². The molecule has 0 saturated heterocycles. The number of benzene rings is 2. The average Bonchev–Trinajstić information content (AvgIpc) is 2.45. The number of para-hydroxylation sites is 1. The van der Waals surface area contributed by atoms with Crippen LogP contribution in [0, 0.1) is 0 Å². The summed E-state index contributed by atoms with van der Waals surface area (Å²) in [5, 5.41) is 14.1. The second-order valence-electron chi connectivity index (χ2n) is 4.83. The van der Waals surface area contributed by atoms with Crippen molar-refractivity contribution in [3.63, 3.8) is 0 Å². The molecular formula is C16H18BrClN2O. The highest BCUT2D eigenvalue weighted by atomic mass is 79.9. The fourth-order valence-corrected chi connectivity index (χ4v) is 2.99. The van der Waals surface area contributed by atoms with Crippen LogP contribution in [0.1, 0.15) is 17.2 Å². The van der Waals surface area contributed by atoms with Crippen LogP contribution < -0.4 is 11.1 Å². The second kappa shape index (κ2) is 7.80. The van der Waals surface area contributed by atoms with Gasteiger partial charge in [0.1, 0.15) is 0 Å². The van der Waals surface area contributed by atoms with Gasteiger partial charge in [0.15, 0.2) is 0 Å². The number of hydrogen-bond donors (Lipinski definition) is 3. The summed E-state index contributed by atoms with van der Waals surface area (Å²) < 4.78 is 1.00. The van der Waals surface area contributed by atoms with Crippen molar-refractivity contribution in [2.24, 2.45) is 0 Å². The summed E-state index contributed by atoms with van der Waals surface area (Å²) in [6.07, 6.45) is 0.259. The van der Waals surface area contributed by atoms with Crippen LogP contribution in [0.5, 0.6) is 0 Å². The van der Waals surface area contributed by atoms with Crippen LogP contribution in [0.3, 0.4) is 0 Å². The quantitative estimate of drug-likeness (QED) is 0.539. The molecule has 0 amide bonds. The zero-order chi connectivity index (χ0) is 15.2. The molecule has 2 rings (SSSR count). The monoisotopic (exact) mass is 368 g/mol. The number of aliphatic hydroxyl groups is 1. The van der Waals surface area contributed by atoms with E-state index in [0.29, 0.717) is 17.3 Å². The molecule has 0 radical (unpaired) electrons. The van der Waals surface area contributed by atoms with Crippen molar-refractivity contribution >= 4 is 33.2 Å². The molecule has 21 heavy (non-hydrogen) atoms. The first-order valence-electron chi connectivity index (χ1n) is 6.75. The molecule has 0 aliphatic carbocycles. The first-order valence-corrected chi connectivity index (χ1v) is 7.92. The third kappa shape index (κ3) is 4.71. The van der Waals surface area contributed by atoms with Crippen molar-refractivity contribution in [2.45, 2.75) is 12.5 Å². The van der Waals surface area contributed by atoms with E-state index in [4.69, 9.17) is 17.3 Å². The van der Waals surface area contributed by atoms with Gasteiger partial charge in [-0.25, -0.2) is 0 Å². The summed E-state index contributed by atoms with van der Waals surface area (Å²) in [5.41, 5.74) is 8.40. The smallest absolute Gasteiger partial charge is 0.0934 e. The first-order chi connectivity index (χ1) is 10.1. The van der Waals surface area contributed by atoms with E-state index in [1.807, 2.05) is 36.4 Å². The van der Waals surface area contributed by atoms with E-state index < -0.39 is 6.10 Å². The van der Waals surface area contributed by atoms with Crippen LogP contribution in [0.4, 0.5) is 5.69 Å². The van der Waals surface area contributed by atoms with Gasteiger partial charge in [0.2, 0.25) is 0 Å². The number of nitrogens with one attached hydrogen (secondary N) is 1. The van der Waals surface area contributed by atoms with Gasteiger partial charge in [0.25, 0.3) is 0 Å². The van der Waals surface area contributed by atoms with Crippen LogP contribution in [0.15, 0.2) is 46.9 Å². The lowest BCUT2D eigenvalue weighted by Gasteiger charge is -2.14. The number of anilines is 1. The minimum Gasteiger partial charge on any atom is -0.398 e. The van der Waals surface area contributed by atoms with Crippen molar-refractivity contribution in [1.82, 2.24) is 5.32 Å². The van der Waals surface area contributed by atoms with Crippen molar-refractivity contribution in [2.75, 3.05) is 18.8 Å². The molecule has 0 spiro atoms. The van der Waals surface area contributed by atoms with Gasteiger partial charge < -0.3 is 16.2 Å². The van der Waals surface area contributed by atoms with E-state index in [-0.39, 0.29) is 0 Å². The summed E-state index contributed by atoms with van der Waals surface area (Å²) in [5.74, 6) is 0. The van der Waals surface area contributed by atoms with Gasteiger partial charge in [0.05, 0.1) is 6.10 Å². The minimum absolute atomic E-state index is 0.472. The molecule has 0 saturated carbocycles. The summed E-state index contributed by atoms with van der Waals surface area (Å²) in [6.45, 7) is 1.24. The van der Waals surface area contributed by atoms with Crippen molar-refractivity contribution in [1.29, 1.82) is 0 Å². The van der Waals surface area contributed by atoms with E-state index in [1.54, 1.807) is 6.07 Å². The Morgan fingerprint density at radius 1 is 1.24 bits per heavy atom. The molecule has 3 nitrogen and oxygen atoms in total. The third-order valence-electron chi connectivity index (χ3n) is 3.28. The maximum atomic E-state index is 10.1. The average molecular weight is 370 g/mol. The Labute approximate surface area is 138 Å². The van der Waals surface area contributed by atoms with Crippen LogP contribution in [0.25, 0.3) is 0 Å². The summed E-state index contributed by atoms with van der Waals surface area (Å²) in [7, 11) is 0. The van der Waals surface area contributed by atoms with Crippen molar-refractivity contribution in [3.05, 3.63) is 63.1 Å². The maximum absolute atomic E-state index is 10.1. The van der Waals surface area contributed by atoms with Gasteiger partial charge in [-0.05, 0) is 36.7 Å². The van der Waals surface area contributed by atoms with Crippen LogP contribution >= 0.6 is 27.5 Å². The number of hydrogen-bond acceptors (Lipinski definition) is 3. The summed E-state index contributed by atoms with van der Waals surface area (Å²) in [6, 6.07) is 13.1. The molecule has 1 atom stereocenters. The lowest BCUT2D eigenvalue weighted by molar-refractivity contribution is 0.176. The number of aliphatic hydroxyl groups excluding tert-OH is 1. The molecule has 0 heterocycles. The SMILES string of the molecule is Nc1ccccc1C(O)CNCCc1ccc(Cl)cc1Br. The van der Waals surface area contributed by atoms with E-state index in [0.717, 1.165) is 23.0 Å². The van der Waals surface area contributed by atoms with Gasteiger partial charge in [-0.3, -0.25) is 0 Å². The largest absolute Gasteiger partial charge is 0.398 e. The summed E-state index contributed by atoms with van der Waals surface area (Å²) in [4.78, 5) is 0. The van der Waals surface area contributed by atoms with Gasteiger partial charge >= 0.3 is 0 Å². The van der Waals surface area contributed by atoms with Gasteiger partial charge in [-0.2, -0.15) is 0 Å². The number of nitrogens with two attached hydrogens (primary N) is 1. The Morgan fingerprint density at radius 3 is 2.71 bits per heavy atom. The Bertz CT molecular complexity index is 607. The lowest BCUT2D eigenvalue weighted by atomic mass is 10.1. The fourth-order valence-electron chi connectivity index (χ4n) is 2.11. The molecular weight excluding hydrogens is 352 g/mol. The Kier molecular flexibility index (Phi) is 6.06. The second-order valence-corrected chi connectivity index (χ2v) is 6.13. The fraction of sp³-hybridized carbons (Fsp3) is 0.250. The number of nitrogen functional groups attached to an aromatic ring is 1. The predicted molar refractivity (Wildman–Crippen MR) is 91.5 cm³/mol. The molecule has 5 heteroatoms. The van der Waals surface area contributed by atoms with Crippen molar-refractivity contribution < 1.29 is 5.11 Å². The topological polar surface area (TPSA) is 58.3 Å². The Hall–Kier alpha value is -1.07. The lowest BCUT2D eigenvalue weighted by Crippen LogP contribution is -2.24. The zero-order valence-corrected chi connectivity index (χ0v) is 13.9. The summed E-state index contributed by atoms with van der Waals surface area (Å²) >= 11 is 9.41. The molecule has 0 aliphatic rings. The highest BCUT2D eigenvalue weighted by molar-refractivity contribution is 9.10. The van der Waals surface area contributed by atoms with Gasteiger partial charge in [-0.15, -0.1) is 0 Å². The Balaban J connectivity index is 1.81. The molecule has 0 aliphatic heterocycles. The maximum Gasteiger partial charge on any atom is 0.0934 e. The van der Waals surface area contributed by atoms with Crippen LogP contribution in [-0.4, -0.2) is 18.2 Å². The minimum atomic E-state index is -0.597. The Morgan fingerprint density at radius 2 is 2.00 bits per heavy atom. The molecule has 1 unspecified atom stereocenters. The van der Waals surface area contributed by atoms with Gasteiger partial charge in [-0.1, -0.05) is 51.8 Å².